The summed E-state index contributed by atoms with van der Waals surface area (Å²) in [5, 5.41) is 8.05. The van der Waals surface area contributed by atoms with E-state index in [0.717, 1.165) is 22.6 Å². The topological polar surface area (TPSA) is 58.2 Å². The Morgan fingerprint density at radius 2 is 1.68 bits per heavy atom. The average molecular weight is 491 g/mol. The molecular weight excluding hydrogens is 467 g/mol. The normalized spacial score (nSPS) is 18.8. The number of rotatable bonds is 3. The summed E-state index contributed by atoms with van der Waals surface area (Å²) in [5.74, 6) is 0.0247. The minimum atomic E-state index is -0.437. The van der Waals surface area contributed by atoms with Crippen molar-refractivity contribution in [2.24, 2.45) is 5.41 Å². The Labute approximate surface area is 209 Å². The molecule has 1 aliphatic heterocycles. The number of hydrogen-bond acceptors (Lipinski definition) is 4. The maximum absolute atomic E-state index is 13.4. The van der Waals surface area contributed by atoms with Gasteiger partial charge >= 0.3 is 0 Å². The number of benzene rings is 3. The van der Waals surface area contributed by atoms with Crippen LogP contribution in [0.15, 0.2) is 78.0 Å². The molecule has 0 radical (unpaired) electrons. The van der Waals surface area contributed by atoms with Crippen LogP contribution < -0.4 is 10.6 Å². The molecule has 1 heterocycles. The Kier molecular flexibility index (Phi) is 5.75. The van der Waals surface area contributed by atoms with E-state index in [1.165, 1.54) is 0 Å². The molecule has 0 unspecified atom stereocenters. The highest BCUT2D eigenvalue weighted by atomic mass is 35.5. The van der Waals surface area contributed by atoms with Gasteiger partial charge in [-0.05, 0) is 47.7 Å². The number of fused-ring (bicyclic) bond motifs is 1. The second-order valence-electron chi connectivity index (χ2n) is 9.66. The molecule has 2 N–H and O–H groups in total. The molecule has 1 aliphatic carbocycles. The lowest BCUT2D eigenvalue weighted by Crippen LogP contribution is -2.31. The van der Waals surface area contributed by atoms with Gasteiger partial charge in [-0.25, -0.2) is 0 Å². The zero-order valence-electron chi connectivity index (χ0n) is 18.9. The van der Waals surface area contributed by atoms with Crippen LogP contribution in [0.25, 0.3) is 0 Å². The van der Waals surface area contributed by atoms with Crippen LogP contribution in [0.2, 0.25) is 10.0 Å². The van der Waals surface area contributed by atoms with Gasteiger partial charge in [-0.1, -0.05) is 73.4 Å². The summed E-state index contributed by atoms with van der Waals surface area (Å²) in [5.41, 5.74) is 4.89. The number of carbonyl (C=O) groups is 2. The first-order valence-corrected chi connectivity index (χ1v) is 12.0. The number of hydrogen-bond donors (Lipinski definition) is 2. The van der Waals surface area contributed by atoms with Crippen LogP contribution in [-0.4, -0.2) is 11.6 Å². The van der Waals surface area contributed by atoms with Gasteiger partial charge in [0.05, 0.1) is 17.4 Å². The fraction of sp³-hybridized carbons (Fsp3) is 0.214. The Bertz CT molecular complexity index is 1350. The van der Waals surface area contributed by atoms with Crippen LogP contribution in [-0.2, 0) is 4.79 Å². The van der Waals surface area contributed by atoms with Crippen LogP contribution >= 0.6 is 23.2 Å². The molecule has 0 saturated carbocycles. The largest absolute Gasteiger partial charge is 0.372 e. The molecule has 2 aliphatic rings. The molecule has 1 atom stereocenters. The van der Waals surface area contributed by atoms with E-state index in [0.29, 0.717) is 39.6 Å². The van der Waals surface area contributed by atoms with Gasteiger partial charge in [-0.2, -0.15) is 0 Å². The molecule has 0 saturated heterocycles. The summed E-state index contributed by atoms with van der Waals surface area (Å²) in [6.07, 6.45) is 1.15. The van der Waals surface area contributed by atoms with Gasteiger partial charge in [-0.3, -0.25) is 9.59 Å². The van der Waals surface area contributed by atoms with Crippen LogP contribution in [0, 0.1) is 5.41 Å². The highest BCUT2D eigenvalue weighted by Gasteiger charge is 2.39. The average Bonchev–Trinajstić information content (AvgIpc) is 2.94. The Morgan fingerprint density at radius 1 is 0.912 bits per heavy atom. The van der Waals surface area contributed by atoms with Crippen molar-refractivity contribution in [1.82, 2.24) is 0 Å². The van der Waals surface area contributed by atoms with Crippen molar-refractivity contribution in [3.05, 3.63) is 105 Å². The lowest BCUT2D eigenvalue weighted by Gasteiger charge is -2.34. The zero-order valence-corrected chi connectivity index (χ0v) is 20.4. The van der Waals surface area contributed by atoms with Gasteiger partial charge in [0.2, 0.25) is 0 Å². The van der Waals surface area contributed by atoms with E-state index in [-0.39, 0.29) is 17.0 Å². The fourth-order valence-corrected chi connectivity index (χ4v) is 5.33. The predicted octanol–water partition coefficient (Wildman–Crippen LogP) is 7.45. The molecule has 0 aromatic heterocycles. The van der Waals surface area contributed by atoms with Gasteiger partial charge in [0, 0.05) is 38.9 Å². The monoisotopic (exact) mass is 490 g/mol. The molecule has 0 bridgehead atoms. The van der Waals surface area contributed by atoms with E-state index >= 15 is 0 Å². The van der Waals surface area contributed by atoms with Crippen molar-refractivity contribution in [2.45, 2.75) is 32.7 Å². The first-order valence-electron chi connectivity index (χ1n) is 11.2. The quantitative estimate of drug-likeness (QED) is 0.374. The highest BCUT2D eigenvalue weighted by Crippen LogP contribution is 2.46. The summed E-state index contributed by atoms with van der Waals surface area (Å²) >= 11 is 12.7. The summed E-state index contributed by atoms with van der Waals surface area (Å²) in [6, 6.07) is 19.6. The van der Waals surface area contributed by atoms with Crippen LogP contribution in [0.4, 0.5) is 11.4 Å². The molecule has 3 aromatic carbocycles. The standard InChI is InChI=1S/C28H24Cl2N2O2/c1-28(2)14-23-25(24(33)15-28)26(19-10-9-18(29)13-20(19)30)32-21-11-8-17(12-22(21)31-23)27(34)16-6-4-3-5-7-16/h3-13,26,31-32H,14-15H2,1-2H3/t26-/m1/s1. The van der Waals surface area contributed by atoms with E-state index < -0.39 is 6.04 Å². The minimum Gasteiger partial charge on any atom is -0.372 e. The van der Waals surface area contributed by atoms with Crippen LogP contribution in [0.3, 0.4) is 0 Å². The van der Waals surface area contributed by atoms with Gasteiger partial charge in [0.25, 0.3) is 0 Å². The molecule has 0 spiro atoms. The van der Waals surface area contributed by atoms with Crippen LogP contribution in [0.1, 0.15) is 54.2 Å². The van der Waals surface area contributed by atoms with Gasteiger partial charge < -0.3 is 10.6 Å². The number of halogens is 2. The number of ketones is 2. The van der Waals surface area contributed by atoms with Gasteiger partial charge in [0.1, 0.15) is 0 Å². The van der Waals surface area contributed by atoms with Crippen LogP contribution in [0.5, 0.6) is 0 Å². The Morgan fingerprint density at radius 3 is 2.41 bits per heavy atom. The third-order valence-electron chi connectivity index (χ3n) is 6.39. The second-order valence-corrected chi connectivity index (χ2v) is 10.5. The van der Waals surface area contributed by atoms with E-state index in [2.05, 4.69) is 24.5 Å². The van der Waals surface area contributed by atoms with Gasteiger partial charge in [0.15, 0.2) is 11.6 Å². The van der Waals surface area contributed by atoms with Crippen molar-refractivity contribution in [1.29, 1.82) is 0 Å². The second kappa shape index (κ2) is 8.61. The Balaban J connectivity index is 1.63. The van der Waals surface area contributed by atoms with Crippen molar-refractivity contribution < 1.29 is 9.59 Å². The van der Waals surface area contributed by atoms with Gasteiger partial charge in [-0.15, -0.1) is 0 Å². The molecule has 0 amide bonds. The number of Topliss-reactive ketones (excluding diaryl/α,β-unsaturated/α-hetero) is 1. The number of nitrogens with one attached hydrogen (secondary N) is 2. The molecule has 5 rings (SSSR count). The molecule has 4 nitrogen and oxygen atoms in total. The van der Waals surface area contributed by atoms with E-state index in [4.69, 9.17) is 23.2 Å². The van der Waals surface area contributed by atoms with Crippen molar-refractivity contribution in [3.63, 3.8) is 0 Å². The number of carbonyl (C=O) groups excluding carboxylic acids is 2. The molecule has 172 valence electrons. The molecule has 34 heavy (non-hydrogen) atoms. The van der Waals surface area contributed by atoms with E-state index in [9.17, 15) is 9.59 Å². The zero-order chi connectivity index (χ0) is 24.0. The molecular formula is C28H24Cl2N2O2. The molecule has 6 heteroatoms. The number of allylic oxidation sites excluding steroid dienone is 1. The smallest absolute Gasteiger partial charge is 0.193 e. The third kappa shape index (κ3) is 4.24. The SMILES string of the molecule is CC1(C)CC(=O)C2=C(C1)Nc1cc(C(=O)c3ccccc3)ccc1N[C@@H]2c1ccc(Cl)cc1Cl. The van der Waals surface area contributed by atoms with Crippen molar-refractivity contribution >= 4 is 46.1 Å². The minimum absolute atomic E-state index is 0.0546. The maximum atomic E-state index is 13.4. The summed E-state index contributed by atoms with van der Waals surface area (Å²) in [7, 11) is 0. The number of anilines is 2. The molecule has 3 aromatic rings. The summed E-state index contributed by atoms with van der Waals surface area (Å²) < 4.78 is 0. The van der Waals surface area contributed by atoms with E-state index in [1.54, 1.807) is 30.3 Å². The maximum Gasteiger partial charge on any atom is 0.193 e. The van der Waals surface area contributed by atoms with Crippen molar-refractivity contribution in [3.8, 4) is 0 Å². The summed E-state index contributed by atoms with van der Waals surface area (Å²) in [6.45, 7) is 4.18. The third-order valence-corrected chi connectivity index (χ3v) is 6.95. The fourth-order valence-electron chi connectivity index (χ4n) is 4.81. The first kappa shape index (κ1) is 22.7. The lowest BCUT2D eigenvalue weighted by atomic mass is 9.73. The first-order chi connectivity index (χ1) is 16.2. The molecule has 0 fully saturated rings. The Hall–Kier alpha value is -3.08. The lowest BCUT2D eigenvalue weighted by molar-refractivity contribution is -0.118. The summed E-state index contributed by atoms with van der Waals surface area (Å²) in [4.78, 5) is 26.5. The highest BCUT2D eigenvalue weighted by molar-refractivity contribution is 6.35. The van der Waals surface area contributed by atoms with E-state index in [1.807, 2.05) is 36.4 Å². The predicted molar refractivity (Wildman–Crippen MR) is 138 cm³/mol. The van der Waals surface area contributed by atoms with Crippen molar-refractivity contribution in [2.75, 3.05) is 10.6 Å².